The van der Waals surface area contributed by atoms with E-state index in [1.54, 1.807) is 0 Å². The first-order valence-electron chi connectivity index (χ1n) is 10.1. The van der Waals surface area contributed by atoms with Gasteiger partial charge >= 0.3 is 30.1 Å². The summed E-state index contributed by atoms with van der Waals surface area (Å²) >= 11 is 3.13. The van der Waals surface area contributed by atoms with Crippen LogP contribution in [0.15, 0.2) is 24.3 Å². The molecule has 34 heavy (non-hydrogen) atoms. The van der Waals surface area contributed by atoms with Crippen LogP contribution in [0, 0.1) is 5.41 Å². The topological polar surface area (TPSA) is 156 Å². The molecule has 0 unspecified atom stereocenters. The summed E-state index contributed by atoms with van der Waals surface area (Å²) in [4.78, 5) is 58.8. The predicted molar refractivity (Wildman–Crippen MR) is 123 cm³/mol. The second kappa shape index (κ2) is 16.5. The maximum atomic E-state index is 12.4. The van der Waals surface area contributed by atoms with Crippen LogP contribution in [-0.4, -0.2) is 81.5 Å². The SMILES string of the molecule is C=C(C)C(=O)OCCNC(=O)OCC(C)(COC(=O)NCCOC(=O)C(=C)C)C(=O)OCCBr. The van der Waals surface area contributed by atoms with Gasteiger partial charge in [-0.2, -0.15) is 0 Å². The lowest BCUT2D eigenvalue weighted by Gasteiger charge is -2.26. The Morgan fingerprint density at radius 1 is 0.735 bits per heavy atom. The van der Waals surface area contributed by atoms with Crippen LogP contribution in [0.1, 0.15) is 20.8 Å². The molecule has 2 amide bonds. The van der Waals surface area contributed by atoms with E-state index in [2.05, 4.69) is 39.7 Å². The highest BCUT2D eigenvalue weighted by Crippen LogP contribution is 2.20. The van der Waals surface area contributed by atoms with Crippen LogP contribution >= 0.6 is 15.9 Å². The van der Waals surface area contributed by atoms with E-state index in [1.165, 1.54) is 20.8 Å². The number of carbonyl (C=O) groups excluding carboxylic acids is 5. The van der Waals surface area contributed by atoms with Crippen molar-refractivity contribution >= 4 is 46.0 Å². The summed E-state index contributed by atoms with van der Waals surface area (Å²) < 4.78 is 24.8. The molecule has 0 bridgehead atoms. The maximum Gasteiger partial charge on any atom is 0.407 e. The molecule has 192 valence electrons. The molecule has 0 fully saturated rings. The number of hydrogen-bond donors (Lipinski definition) is 2. The second-order valence-corrected chi connectivity index (χ2v) is 8.02. The first-order valence-corrected chi connectivity index (χ1v) is 11.2. The van der Waals surface area contributed by atoms with Gasteiger partial charge in [-0.3, -0.25) is 4.79 Å². The molecule has 0 aliphatic rings. The van der Waals surface area contributed by atoms with E-state index in [0.29, 0.717) is 5.33 Å². The van der Waals surface area contributed by atoms with Gasteiger partial charge in [-0.1, -0.05) is 29.1 Å². The lowest BCUT2D eigenvalue weighted by Crippen LogP contribution is -2.43. The fourth-order valence-corrected chi connectivity index (χ4v) is 2.02. The Morgan fingerprint density at radius 2 is 1.15 bits per heavy atom. The van der Waals surface area contributed by atoms with Gasteiger partial charge in [0.2, 0.25) is 0 Å². The van der Waals surface area contributed by atoms with Crippen LogP contribution in [0.2, 0.25) is 0 Å². The summed E-state index contributed by atoms with van der Waals surface area (Å²) in [6, 6.07) is 0. The Balaban J connectivity index is 4.63. The van der Waals surface area contributed by atoms with Crippen LogP contribution in [0.5, 0.6) is 0 Å². The molecule has 0 saturated carbocycles. The van der Waals surface area contributed by atoms with Gasteiger partial charge in [0.05, 0.1) is 13.1 Å². The Morgan fingerprint density at radius 3 is 1.50 bits per heavy atom. The van der Waals surface area contributed by atoms with Crippen LogP contribution in [0.3, 0.4) is 0 Å². The molecule has 0 heterocycles. The highest BCUT2D eigenvalue weighted by atomic mass is 79.9. The average Bonchev–Trinajstić information content (AvgIpc) is 2.79. The fourth-order valence-electron chi connectivity index (χ4n) is 1.86. The summed E-state index contributed by atoms with van der Waals surface area (Å²) in [6.07, 6.45) is -1.76. The first-order chi connectivity index (χ1) is 15.9. The number of amides is 2. The molecule has 0 aliphatic carbocycles. The molecule has 0 aromatic rings. The third-order valence-electron chi connectivity index (χ3n) is 3.75. The minimum atomic E-state index is -1.50. The zero-order valence-electron chi connectivity index (χ0n) is 19.5. The number of alkyl carbamates (subject to hydrolysis) is 2. The number of ether oxygens (including phenoxy) is 5. The summed E-state index contributed by atoms with van der Waals surface area (Å²) in [5.74, 6) is -1.94. The van der Waals surface area contributed by atoms with Gasteiger partial charge in [-0.15, -0.1) is 0 Å². The number of hydrogen-bond acceptors (Lipinski definition) is 10. The molecule has 0 atom stereocenters. The zero-order chi connectivity index (χ0) is 26.1. The minimum Gasteiger partial charge on any atom is -0.464 e. The number of rotatable bonds is 15. The summed E-state index contributed by atoms with van der Waals surface area (Å²) in [7, 11) is 0. The molecule has 12 nitrogen and oxygen atoms in total. The Hall–Kier alpha value is -3.09. The van der Waals surface area contributed by atoms with Crippen molar-refractivity contribution in [2.75, 3.05) is 51.5 Å². The van der Waals surface area contributed by atoms with E-state index in [-0.39, 0.29) is 44.1 Å². The highest BCUT2D eigenvalue weighted by Gasteiger charge is 2.38. The second-order valence-electron chi connectivity index (χ2n) is 7.22. The lowest BCUT2D eigenvalue weighted by molar-refractivity contribution is -0.159. The Labute approximate surface area is 206 Å². The molecular weight excluding hydrogens is 520 g/mol. The van der Waals surface area contributed by atoms with E-state index in [9.17, 15) is 24.0 Å². The third-order valence-corrected chi connectivity index (χ3v) is 4.08. The summed E-state index contributed by atoms with van der Waals surface area (Å²) in [6.45, 7) is 10.1. The first kappa shape index (κ1) is 30.9. The van der Waals surface area contributed by atoms with Crippen molar-refractivity contribution in [2.24, 2.45) is 5.41 Å². The van der Waals surface area contributed by atoms with Gasteiger partial charge in [0.15, 0.2) is 0 Å². The number of halogens is 1. The molecule has 0 aromatic carbocycles. The van der Waals surface area contributed by atoms with Crippen molar-refractivity contribution in [3.8, 4) is 0 Å². The number of esters is 3. The summed E-state index contributed by atoms with van der Waals surface area (Å²) in [5, 5.41) is 5.08. The van der Waals surface area contributed by atoms with Gasteiger partial charge in [0, 0.05) is 16.5 Å². The van der Waals surface area contributed by atoms with Gasteiger partial charge < -0.3 is 34.3 Å². The van der Waals surface area contributed by atoms with Gasteiger partial charge in [-0.25, -0.2) is 19.2 Å². The predicted octanol–water partition coefficient (Wildman–Crippen LogP) is 1.62. The minimum absolute atomic E-state index is 0.0303. The van der Waals surface area contributed by atoms with E-state index in [0.717, 1.165) is 0 Å². The van der Waals surface area contributed by atoms with Crippen LogP contribution in [0.25, 0.3) is 0 Å². The van der Waals surface area contributed by atoms with Crippen molar-refractivity contribution in [1.82, 2.24) is 10.6 Å². The van der Waals surface area contributed by atoms with Crippen molar-refractivity contribution in [3.05, 3.63) is 24.3 Å². The molecule has 0 rings (SSSR count). The van der Waals surface area contributed by atoms with E-state index >= 15 is 0 Å². The monoisotopic (exact) mass is 550 g/mol. The maximum absolute atomic E-state index is 12.4. The Bertz CT molecular complexity index is 719. The standard InChI is InChI=1S/C21H31BrN2O10/c1-14(2)16(25)30-10-7-23-19(28)33-12-21(5,18(27)32-9-6-22)13-34-20(29)24-8-11-31-17(26)15(3)4/h1,3,6-13H2,2,4-5H3,(H,23,28)(H,24,29). The summed E-state index contributed by atoms with van der Waals surface area (Å²) in [5.41, 5.74) is -1.06. The molecule has 0 radical (unpaired) electrons. The van der Waals surface area contributed by atoms with Crippen molar-refractivity contribution < 1.29 is 47.7 Å². The van der Waals surface area contributed by atoms with Crippen molar-refractivity contribution in [2.45, 2.75) is 20.8 Å². The van der Waals surface area contributed by atoms with Gasteiger partial charge in [0.25, 0.3) is 0 Å². The van der Waals surface area contributed by atoms with E-state index in [4.69, 9.17) is 23.7 Å². The lowest BCUT2D eigenvalue weighted by atomic mass is 9.93. The number of alkyl halides is 1. The molecular formula is C21H31BrN2O10. The van der Waals surface area contributed by atoms with E-state index in [1.807, 2.05) is 0 Å². The molecule has 2 N–H and O–H groups in total. The van der Waals surface area contributed by atoms with Crippen LogP contribution < -0.4 is 10.6 Å². The highest BCUT2D eigenvalue weighted by molar-refractivity contribution is 9.09. The number of carbonyl (C=O) groups is 5. The quantitative estimate of drug-likeness (QED) is 0.101. The normalized spacial score (nSPS) is 10.4. The third kappa shape index (κ3) is 13.5. The van der Waals surface area contributed by atoms with Crippen LogP contribution in [-0.2, 0) is 38.1 Å². The smallest absolute Gasteiger partial charge is 0.407 e. The molecule has 0 aromatic heterocycles. The fraction of sp³-hybridized carbons (Fsp3) is 0.571. The van der Waals surface area contributed by atoms with Crippen molar-refractivity contribution in [3.63, 3.8) is 0 Å². The van der Waals surface area contributed by atoms with Gasteiger partial charge in [-0.05, 0) is 20.8 Å². The number of nitrogens with one attached hydrogen (secondary N) is 2. The molecule has 0 spiro atoms. The largest absolute Gasteiger partial charge is 0.464 e. The molecule has 0 saturated heterocycles. The molecule has 0 aliphatic heterocycles. The average molecular weight is 551 g/mol. The van der Waals surface area contributed by atoms with Gasteiger partial charge in [0.1, 0.15) is 38.4 Å². The Kier molecular flexibility index (Phi) is 15.0. The van der Waals surface area contributed by atoms with E-state index < -0.39 is 48.7 Å². The van der Waals surface area contributed by atoms with Crippen molar-refractivity contribution in [1.29, 1.82) is 0 Å². The van der Waals surface area contributed by atoms with Crippen LogP contribution in [0.4, 0.5) is 9.59 Å². The zero-order valence-corrected chi connectivity index (χ0v) is 21.1. The molecule has 13 heteroatoms.